The van der Waals surface area contributed by atoms with Crippen molar-refractivity contribution in [2.75, 3.05) is 18.9 Å². The van der Waals surface area contributed by atoms with Gasteiger partial charge in [-0.1, -0.05) is 25.0 Å². The number of nitrogens with zero attached hydrogens (tertiary/aromatic N) is 3. The van der Waals surface area contributed by atoms with Crippen LogP contribution in [0.1, 0.15) is 43.9 Å². The first-order valence-electron chi connectivity index (χ1n) is 10.6. The van der Waals surface area contributed by atoms with E-state index in [9.17, 15) is 4.79 Å². The second-order valence-electron chi connectivity index (χ2n) is 7.81. The molecule has 3 rings (SSSR count). The number of nitrogens with one attached hydrogen (secondary N) is 2. The molecule has 0 atom stereocenters. The summed E-state index contributed by atoms with van der Waals surface area (Å²) in [6.07, 6.45) is 6.40. The zero-order valence-corrected chi connectivity index (χ0v) is 20.6. The number of aromatic nitrogens is 1. The van der Waals surface area contributed by atoms with E-state index in [4.69, 9.17) is 4.99 Å². The maximum Gasteiger partial charge on any atom is 0.227 e. The molecule has 2 aromatic rings. The number of aliphatic imine (C=N–C) groups is 1. The third-order valence-electron chi connectivity index (χ3n) is 5.48. The fraction of sp³-hybridized carbons (Fsp3) is 0.478. The number of amides is 1. The quantitative estimate of drug-likeness (QED) is 0.322. The van der Waals surface area contributed by atoms with Gasteiger partial charge in [-0.05, 0) is 49.6 Å². The Balaban J connectivity index is 0.00000320. The largest absolute Gasteiger partial charge is 0.357 e. The standard InChI is InChI=1S/C23H33N5O.HI/c1-4-24-23(28(3)17-21-13-8-14-27(21)2)25-16-18-9-7-12-20(15-18)26-22(29)19-10-5-6-11-19;/h7-9,12-15,19H,4-6,10-11,16-17H2,1-3H3,(H,24,25)(H,26,29);1H. The monoisotopic (exact) mass is 523 g/mol. The molecule has 6 nitrogen and oxygen atoms in total. The minimum Gasteiger partial charge on any atom is -0.357 e. The molecule has 7 heteroatoms. The summed E-state index contributed by atoms with van der Waals surface area (Å²) < 4.78 is 2.12. The first-order valence-corrected chi connectivity index (χ1v) is 10.6. The summed E-state index contributed by atoms with van der Waals surface area (Å²) in [5.41, 5.74) is 3.17. The van der Waals surface area contributed by atoms with Crippen molar-refractivity contribution in [1.29, 1.82) is 0 Å². The maximum atomic E-state index is 12.4. The third-order valence-corrected chi connectivity index (χ3v) is 5.48. The Hall–Kier alpha value is -2.03. The Morgan fingerprint density at radius 2 is 2.00 bits per heavy atom. The van der Waals surface area contributed by atoms with E-state index in [0.717, 1.165) is 56.0 Å². The molecule has 1 aliphatic rings. The van der Waals surface area contributed by atoms with Crippen LogP contribution >= 0.6 is 24.0 Å². The van der Waals surface area contributed by atoms with Gasteiger partial charge in [0.2, 0.25) is 5.91 Å². The normalized spacial score (nSPS) is 14.3. The van der Waals surface area contributed by atoms with Gasteiger partial charge in [0.05, 0.1) is 13.1 Å². The van der Waals surface area contributed by atoms with Crippen LogP contribution in [-0.4, -0.2) is 34.9 Å². The SMILES string of the molecule is CCNC(=NCc1cccc(NC(=O)C2CCCC2)c1)N(C)Cc1cccn1C.I. The van der Waals surface area contributed by atoms with Gasteiger partial charge in [-0.3, -0.25) is 4.79 Å². The van der Waals surface area contributed by atoms with Crippen molar-refractivity contribution in [2.45, 2.75) is 45.7 Å². The molecule has 0 bridgehead atoms. The lowest BCUT2D eigenvalue weighted by Gasteiger charge is -2.22. The lowest BCUT2D eigenvalue weighted by Crippen LogP contribution is -2.38. The number of benzene rings is 1. The van der Waals surface area contributed by atoms with E-state index in [1.165, 1.54) is 5.69 Å². The van der Waals surface area contributed by atoms with Crippen LogP contribution in [0, 0.1) is 5.92 Å². The highest BCUT2D eigenvalue weighted by Crippen LogP contribution is 2.26. The average molecular weight is 523 g/mol. The summed E-state index contributed by atoms with van der Waals surface area (Å²) in [5, 5.41) is 6.44. The molecule has 1 saturated carbocycles. The van der Waals surface area contributed by atoms with Crippen molar-refractivity contribution in [1.82, 2.24) is 14.8 Å². The van der Waals surface area contributed by atoms with Crippen LogP contribution in [0.2, 0.25) is 0 Å². The number of hydrogen-bond donors (Lipinski definition) is 2. The lowest BCUT2D eigenvalue weighted by atomic mass is 10.1. The van der Waals surface area contributed by atoms with Crippen LogP contribution in [0.15, 0.2) is 47.6 Å². The van der Waals surface area contributed by atoms with E-state index >= 15 is 0 Å². The maximum absolute atomic E-state index is 12.4. The lowest BCUT2D eigenvalue weighted by molar-refractivity contribution is -0.119. The average Bonchev–Trinajstić information content (AvgIpc) is 3.38. The molecule has 0 aliphatic heterocycles. The van der Waals surface area contributed by atoms with Crippen molar-refractivity contribution in [3.05, 3.63) is 53.9 Å². The fourth-order valence-corrected chi connectivity index (χ4v) is 3.79. The van der Waals surface area contributed by atoms with E-state index in [1.807, 2.05) is 25.2 Å². The third kappa shape index (κ3) is 6.75. The smallest absolute Gasteiger partial charge is 0.227 e. The summed E-state index contributed by atoms with van der Waals surface area (Å²) in [4.78, 5) is 19.3. The summed E-state index contributed by atoms with van der Waals surface area (Å²) >= 11 is 0. The number of carbonyl (C=O) groups is 1. The molecule has 1 amide bonds. The topological polar surface area (TPSA) is 61.7 Å². The second-order valence-corrected chi connectivity index (χ2v) is 7.81. The highest BCUT2D eigenvalue weighted by atomic mass is 127. The van der Waals surface area contributed by atoms with E-state index in [1.54, 1.807) is 0 Å². The molecule has 0 spiro atoms. The Morgan fingerprint density at radius 1 is 1.23 bits per heavy atom. The highest BCUT2D eigenvalue weighted by Gasteiger charge is 2.22. The van der Waals surface area contributed by atoms with Gasteiger partial charge >= 0.3 is 0 Å². The van der Waals surface area contributed by atoms with Gasteiger partial charge in [-0.25, -0.2) is 4.99 Å². The Labute approximate surface area is 197 Å². The van der Waals surface area contributed by atoms with E-state index in [-0.39, 0.29) is 35.8 Å². The van der Waals surface area contributed by atoms with Gasteiger partial charge in [-0.15, -0.1) is 24.0 Å². The minimum atomic E-state index is 0. The predicted octanol–water partition coefficient (Wildman–Crippen LogP) is 4.37. The number of guanidine groups is 1. The van der Waals surface area contributed by atoms with Crippen LogP contribution < -0.4 is 10.6 Å². The van der Waals surface area contributed by atoms with Gasteiger partial charge in [0.25, 0.3) is 0 Å². The zero-order chi connectivity index (χ0) is 20.6. The predicted molar refractivity (Wildman–Crippen MR) is 134 cm³/mol. The number of halogens is 1. The van der Waals surface area contributed by atoms with Crippen LogP contribution in [-0.2, 0) is 24.9 Å². The van der Waals surface area contributed by atoms with Gasteiger partial charge in [0.15, 0.2) is 5.96 Å². The summed E-state index contributed by atoms with van der Waals surface area (Å²) in [6, 6.07) is 12.2. The molecule has 1 aliphatic carbocycles. The van der Waals surface area contributed by atoms with E-state index < -0.39 is 0 Å². The van der Waals surface area contributed by atoms with Crippen molar-refractivity contribution < 1.29 is 4.79 Å². The molecular formula is C23H34IN5O. The molecule has 164 valence electrons. The Kier molecular flexibility index (Phi) is 9.68. The summed E-state index contributed by atoms with van der Waals surface area (Å²) in [6.45, 7) is 4.23. The van der Waals surface area contributed by atoms with Crippen LogP contribution in [0.4, 0.5) is 5.69 Å². The van der Waals surface area contributed by atoms with Crippen LogP contribution in [0.25, 0.3) is 0 Å². The van der Waals surface area contributed by atoms with Gasteiger partial charge < -0.3 is 20.1 Å². The number of carbonyl (C=O) groups excluding carboxylic acids is 1. The van der Waals surface area contributed by atoms with Crippen molar-refractivity contribution in [3.63, 3.8) is 0 Å². The number of anilines is 1. The molecule has 1 aromatic heterocycles. The van der Waals surface area contributed by atoms with Crippen molar-refractivity contribution >= 4 is 41.5 Å². The first-order chi connectivity index (χ1) is 14.1. The molecule has 1 fully saturated rings. The molecule has 0 radical (unpaired) electrons. The minimum absolute atomic E-state index is 0. The van der Waals surface area contributed by atoms with Crippen molar-refractivity contribution in [2.24, 2.45) is 18.0 Å². The second kappa shape index (κ2) is 12.0. The van der Waals surface area contributed by atoms with Gasteiger partial charge in [-0.2, -0.15) is 0 Å². The molecule has 0 unspecified atom stereocenters. The first kappa shape index (κ1) is 24.2. The molecule has 1 aromatic carbocycles. The van der Waals surface area contributed by atoms with Crippen LogP contribution in [0.3, 0.4) is 0 Å². The fourth-order valence-electron chi connectivity index (χ4n) is 3.79. The Bertz CT molecular complexity index is 842. The van der Waals surface area contributed by atoms with Crippen LogP contribution in [0.5, 0.6) is 0 Å². The molecular weight excluding hydrogens is 489 g/mol. The summed E-state index contributed by atoms with van der Waals surface area (Å²) in [5.74, 6) is 1.19. The van der Waals surface area contributed by atoms with E-state index in [0.29, 0.717) is 6.54 Å². The van der Waals surface area contributed by atoms with E-state index in [2.05, 4.69) is 58.5 Å². The highest BCUT2D eigenvalue weighted by molar-refractivity contribution is 14.0. The molecule has 2 N–H and O–H groups in total. The van der Waals surface area contributed by atoms with Gasteiger partial charge in [0.1, 0.15) is 0 Å². The summed E-state index contributed by atoms with van der Waals surface area (Å²) in [7, 11) is 4.10. The molecule has 30 heavy (non-hydrogen) atoms. The number of rotatable bonds is 7. The molecule has 1 heterocycles. The number of aryl methyl sites for hydroxylation is 1. The van der Waals surface area contributed by atoms with Crippen molar-refractivity contribution in [3.8, 4) is 0 Å². The molecule has 0 saturated heterocycles. The van der Waals surface area contributed by atoms with Gasteiger partial charge in [0, 0.05) is 44.1 Å². The number of hydrogen-bond acceptors (Lipinski definition) is 2. The zero-order valence-electron chi connectivity index (χ0n) is 18.2. The Morgan fingerprint density at radius 3 is 2.67 bits per heavy atom.